The molecule has 3 saturated heterocycles. The Bertz CT molecular complexity index is 1690. The molecule has 0 spiro atoms. The second kappa shape index (κ2) is 11.9. The number of nitrogens with zero attached hydrogens (tertiary/aromatic N) is 5. The Morgan fingerprint density at radius 3 is 2.52 bits per heavy atom. The van der Waals surface area contributed by atoms with Gasteiger partial charge in [0.05, 0.1) is 23.9 Å². The van der Waals surface area contributed by atoms with Gasteiger partial charge in [-0.1, -0.05) is 35.9 Å². The lowest BCUT2D eigenvalue weighted by Crippen LogP contribution is -2.51. The summed E-state index contributed by atoms with van der Waals surface area (Å²) in [6.07, 6.45) is 2.53. The van der Waals surface area contributed by atoms with E-state index >= 15 is 4.39 Å². The summed E-state index contributed by atoms with van der Waals surface area (Å²) in [5.74, 6) is 0.0829. The molecule has 3 aliphatic heterocycles. The van der Waals surface area contributed by atoms with Gasteiger partial charge in [0.2, 0.25) is 0 Å². The molecule has 44 heavy (non-hydrogen) atoms. The summed E-state index contributed by atoms with van der Waals surface area (Å²) in [5, 5.41) is 16.5. The highest BCUT2D eigenvalue weighted by Gasteiger charge is 2.34. The number of morpholine rings is 1. The highest BCUT2D eigenvalue weighted by molar-refractivity contribution is 6.35. The Labute approximate surface area is 261 Å². The number of hydrogen-bond donors (Lipinski definition) is 2. The van der Waals surface area contributed by atoms with Crippen LogP contribution in [0.4, 0.5) is 10.2 Å². The van der Waals surface area contributed by atoms with Crippen LogP contribution in [0.25, 0.3) is 32.8 Å². The summed E-state index contributed by atoms with van der Waals surface area (Å²) in [7, 11) is 1.98. The van der Waals surface area contributed by atoms with Gasteiger partial charge in [0.25, 0.3) is 0 Å². The van der Waals surface area contributed by atoms with Gasteiger partial charge >= 0.3 is 6.01 Å². The van der Waals surface area contributed by atoms with E-state index in [-0.39, 0.29) is 46.8 Å². The molecule has 1 aromatic heterocycles. The van der Waals surface area contributed by atoms with Crippen LogP contribution in [-0.4, -0.2) is 95.8 Å². The number of piperazine rings is 1. The number of aromatic hydroxyl groups is 1. The van der Waals surface area contributed by atoms with Crippen LogP contribution < -0.4 is 15.0 Å². The van der Waals surface area contributed by atoms with Crippen molar-refractivity contribution in [1.29, 1.82) is 0 Å². The molecule has 4 heterocycles. The fraction of sp³-hybridized carbons (Fsp3) is 0.455. The number of benzene rings is 3. The van der Waals surface area contributed by atoms with Gasteiger partial charge in [-0.3, -0.25) is 9.80 Å². The minimum Gasteiger partial charge on any atom is -0.508 e. The maximum atomic E-state index is 16.8. The summed E-state index contributed by atoms with van der Waals surface area (Å²) in [4.78, 5) is 16.1. The van der Waals surface area contributed by atoms with E-state index in [1.807, 2.05) is 36.2 Å². The first-order valence-electron chi connectivity index (χ1n) is 15.3. The number of nitrogens with one attached hydrogen (secondary N) is 1. The number of hydrogen-bond acceptors (Lipinski definition) is 9. The van der Waals surface area contributed by atoms with E-state index in [4.69, 9.17) is 26.1 Å². The predicted molar refractivity (Wildman–Crippen MR) is 171 cm³/mol. The lowest BCUT2D eigenvalue weighted by molar-refractivity contribution is -0.0832. The molecule has 0 amide bonds. The van der Waals surface area contributed by atoms with Crippen LogP contribution in [0, 0.1) is 5.82 Å². The third kappa shape index (κ3) is 5.77. The molecule has 0 saturated carbocycles. The van der Waals surface area contributed by atoms with Crippen LogP contribution in [0.3, 0.4) is 0 Å². The van der Waals surface area contributed by atoms with E-state index in [9.17, 15) is 5.11 Å². The fourth-order valence-electron chi connectivity index (χ4n) is 7.13. The molecule has 2 N–H and O–H groups in total. The zero-order valence-corrected chi connectivity index (χ0v) is 26.0. The summed E-state index contributed by atoms with van der Waals surface area (Å²) in [6, 6.07) is 13.3. The Morgan fingerprint density at radius 1 is 1.05 bits per heavy atom. The van der Waals surface area contributed by atoms with Crippen LogP contribution in [0.1, 0.15) is 26.7 Å². The molecule has 3 fully saturated rings. The third-order valence-electron chi connectivity index (χ3n) is 8.82. The largest absolute Gasteiger partial charge is 0.508 e. The number of anilines is 1. The van der Waals surface area contributed by atoms with Crippen LogP contribution in [0.5, 0.6) is 11.8 Å². The zero-order chi connectivity index (χ0) is 30.5. The van der Waals surface area contributed by atoms with Gasteiger partial charge in [-0.05, 0) is 68.3 Å². The summed E-state index contributed by atoms with van der Waals surface area (Å²) in [5.41, 5.74) is 0.831. The molecule has 0 aliphatic carbocycles. The van der Waals surface area contributed by atoms with E-state index in [1.54, 1.807) is 18.2 Å². The first-order valence-corrected chi connectivity index (χ1v) is 15.7. The molecule has 2 bridgehead atoms. The smallest absolute Gasteiger partial charge is 0.320 e. The van der Waals surface area contributed by atoms with Crippen molar-refractivity contribution in [3.63, 3.8) is 0 Å². The number of phenolic OH excluding ortho intramolecular Hbond substituents is 1. The van der Waals surface area contributed by atoms with Crippen LogP contribution in [-0.2, 0) is 4.74 Å². The van der Waals surface area contributed by atoms with E-state index in [0.29, 0.717) is 35.5 Å². The number of fused-ring (bicyclic) bond motifs is 4. The predicted octanol–water partition coefficient (Wildman–Crippen LogP) is 5.22. The Kier molecular flexibility index (Phi) is 7.96. The average molecular weight is 621 g/mol. The molecule has 9 nitrogen and oxygen atoms in total. The van der Waals surface area contributed by atoms with E-state index in [1.165, 1.54) is 0 Å². The Balaban J connectivity index is 1.27. The van der Waals surface area contributed by atoms with Gasteiger partial charge in [0.15, 0.2) is 5.82 Å². The highest BCUT2D eigenvalue weighted by atomic mass is 35.5. The summed E-state index contributed by atoms with van der Waals surface area (Å²) < 4.78 is 28.8. The number of rotatable bonds is 7. The van der Waals surface area contributed by atoms with Crippen LogP contribution >= 0.6 is 11.6 Å². The van der Waals surface area contributed by atoms with Crippen molar-refractivity contribution >= 4 is 39.1 Å². The maximum Gasteiger partial charge on any atom is 0.320 e. The monoisotopic (exact) mass is 620 g/mol. The normalized spacial score (nSPS) is 24.1. The molecule has 7 rings (SSSR count). The second-order valence-corrected chi connectivity index (χ2v) is 13.0. The zero-order valence-electron chi connectivity index (χ0n) is 25.3. The fourth-order valence-corrected chi connectivity index (χ4v) is 7.43. The van der Waals surface area contributed by atoms with Crippen molar-refractivity contribution in [2.45, 2.75) is 51.0 Å². The number of halogens is 2. The van der Waals surface area contributed by atoms with Crippen molar-refractivity contribution in [2.75, 3.05) is 51.5 Å². The van der Waals surface area contributed by atoms with Gasteiger partial charge in [-0.2, -0.15) is 9.97 Å². The quantitative estimate of drug-likeness (QED) is 0.270. The second-order valence-electron chi connectivity index (χ2n) is 12.6. The lowest BCUT2D eigenvalue weighted by Gasteiger charge is -2.37. The van der Waals surface area contributed by atoms with E-state index < -0.39 is 5.82 Å². The SMILES string of the molecule is C[C@@H]1CN(CN(C)COc2nc(N3CC4CCC(C3)N4)c3cc(Cl)c(-c4cc(O)cc5ccccc45)c(F)c3n2)C[C@@H](C)O1. The molecule has 232 valence electrons. The van der Waals surface area contributed by atoms with Gasteiger partial charge in [0.1, 0.15) is 23.8 Å². The molecule has 4 atom stereocenters. The van der Waals surface area contributed by atoms with Crippen LogP contribution in [0.2, 0.25) is 5.02 Å². The lowest BCUT2D eigenvalue weighted by atomic mass is 9.96. The molecular weight excluding hydrogens is 583 g/mol. The van der Waals surface area contributed by atoms with Crippen molar-refractivity contribution in [1.82, 2.24) is 25.1 Å². The molecule has 3 aliphatic rings. The average Bonchev–Trinajstić information content (AvgIpc) is 3.32. The molecule has 11 heteroatoms. The van der Waals surface area contributed by atoms with Crippen molar-refractivity contribution in [2.24, 2.45) is 0 Å². The van der Waals surface area contributed by atoms with Gasteiger partial charge in [-0.15, -0.1) is 0 Å². The topological polar surface area (TPSA) is 86.2 Å². The van der Waals surface area contributed by atoms with Crippen molar-refractivity contribution in [3.8, 4) is 22.9 Å². The van der Waals surface area contributed by atoms with Gasteiger partial charge in [-0.25, -0.2) is 4.39 Å². The maximum absolute atomic E-state index is 16.8. The number of aromatic nitrogens is 2. The van der Waals surface area contributed by atoms with E-state index in [2.05, 4.69) is 33.9 Å². The minimum atomic E-state index is -0.570. The molecular formula is C33H38ClFN6O3. The first kappa shape index (κ1) is 29.4. The summed E-state index contributed by atoms with van der Waals surface area (Å²) >= 11 is 6.87. The van der Waals surface area contributed by atoms with Gasteiger partial charge < -0.3 is 24.8 Å². The summed E-state index contributed by atoms with van der Waals surface area (Å²) in [6.45, 7) is 8.29. The standard InChI is InChI=1S/C33H38ClFN6O3/c1-19-13-40(14-20(2)44-19)17-39(3)18-43-33-37-31-27(32(38-33)41-15-22-8-9-23(16-41)36-22)12-28(34)29(30(31)35)26-11-24(42)10-21-6-4-5-7-25(21)26/h4-7,10-12,19-20,22-23,36,42H,8-9,13-18H2,1-3H3/t19-,20-,22?,23?/m1/s1. The first-order chi connectivity index (χ1) is 21.2. The number of ether oxygens (including phenoxy) is 2. The minimum absolute atomic E-state index is 0.0325. The highest BCUT2D eigenvalue weighted by Crippen LogP contribution is 2.42. The van der Waals surface area contributed by atoms with Crippen LogP contribution in [0.15, 0.2) is 42.5 Å². The molecule has 0 radical (unpaired) electrons. The van der Waals surface area contributed by atoms with Crippen molar-refractivity contribution < 1.29 is 19.0 Å². The molecule has 2 unspecified atom stereocenters. The molecule has 3 aromatic carbocycles. The molecule has 4 aromatic rings. The Hall–Kier alpha value is -3.28. The Morgan fingerprint density at radius 2 is 1.77 bits per heavy atom. The van der Waals surface area contributed by atoms with Crippen molar-refractivity contribution in [3.05, 3.63) is 53.3 Å². The van der Waals surface area contributed by atoms with Gasteiger partial charge in [0, 0.05) is 49.2 Å². The van der Waals surface area contributed by atoms with E-state index in [0.717, 1.165) is 49.8 Å². The number of phenols is 1. The third-order valence-corrected chi connectivity index (χ3v) is 9.12.